The molecule has 0 saturated heterocycles. The highest BCUT2D eigenvalue weighted by Gasteiger charge is 2.35. The van der Waals surface area contributed by atoms with Crippen LogP contribution >= 0.6 is 0 Å². The molecule has 11 nitrogen and oxygen atoms in total. The lowest BCUT2D eigenvalue weighted by Gasteiger charge is -2.40. The van der Waals surface area contributed by atoms with Crippen LogP contribution < -0.4 is 26.0 Å². The number of aromatic nitrogens is 3. The number of nitrogens with one attached hydrogen (secondary N) is 3. The molecular formula is C29H33FN8O3. The summed E-state index contributed by atoms with van der Waals surface area (Å²) in [7, 11) is 5.31. The van der Waals surface area contributed by atoms with Crippen LogP contribution in [0.1, 0.15) is 36.2 Å². The van der Waals surface area contributed by atoms with Crippen molar-refractivity contribution in [3.8, 4) is 5.75 Å². The van der Waals surface area contributed by atoms with Gasteiger partial charge in [0.2, 0.25) is 11.9 Å². The zero-order valence-corrected chi connectivity index (χ0v) is 23.6. The quantitative estimate of drug-likeness (QED) is 0.250. The van der Waals surface area contributed by atoms with E-state index in [4.69, 9.17) is 10.5 Å². The summed E-state index contributed by atoms with van der Waals surface area (Å²) in [4.78, 5) is 41.1. The highest BCUT2D eigenvalue weighted by Crippen LogP contribution is 2.45. The van der Waals surface area contributed by atoms with E-state index in [1.54, 1.807) is 25.4 Å². The molecule has 0 spiro atoms. The number of carbonyl (C=O) groups is 2. The molecule has 12 heteroatoms. The predicted octanol–water partition coefficient (Wildman–Crippen LogP) is 4.27. The van der Waals surface area contributed by atoms with Crippen molar-refractivity contribution in [3.05, 3.63) is 59.5 Å². The Hall–Kier alpha value is -4.71. The van der Waals surface area contributed by atoms with Crippen LogP contribution in [0.5, 0.6) is 5.75 Å². The Morgan fingerprint density at radius 1 is 1.17 bits per heavy atom. The number of halogens is 1. The average molecular weight is 561 g/mol. The number of fused-ring (bicyclic) bond motifs is 2. The number of primary amides is 1. The lowest BCUT2D eigenvalue weighted by atomic mass is 9.77. The number of methoxy groups -OCH3 is 1. The zero-order chi connectivity index (χ0) is 29.5. The molecule has 5 N–H and O–H groups in total. The smallest absolute Gasteiger partial charge is 0.253 e. The van der Waals surface area contributed by atoms with Crippen LogP contribution in [0.2, 0.25) is 0 Å². The van der Waals surface area contributed by atoms with Gasteiger partial charge in [-0.1, -0.05) is 19.9 Å². The van der Waals surface area contributed by atoms with E-state index in [9.17, 15) is 14.0 Å². The number of nitrogens with two attached hydrogens (primary N) is 1. The Morgan fingerprint density at radius 3 is 2.66 bits per heavy atom. The monoisotopic (exact) mass is 560 g/mol. The highest BCUT2D eigenvalue weighted by atomic mass is 19.1. The van der Waals surface area contributed by atoms with Crippen LogP contribution in [0.15, 0.2) is 42.6 Å². The summed E-state index contributed by atoms with van der Waals surface area (Å²) < 4.78 is 20.2. The molecular weight excluding hydrogens is 527 g/mol. The van der Waals surface area contributed by atoms with E-state index >= 15 is 0 Å². The summed E-state index contributed by atoms with van der Waals surface area (Å²) in [6.07, 6.45) is 2.51. The molecule has 0 atom stereocenters. The zero-order valence-electron chi connectivity index (χ0n) is 23.6. The van der Waals surface area contributed by atoms with Crippen molar-refractivity contribution < 1.29 is 18.7 Å². The fourth-order valence-corrected chi connectivity index (χ4v) is 5.08. The van der Waals surface area contributed by atoms with Crippen LogP contribution in [-0.2, 0) is 10.2 Å². The van der Waals surface area contributed by atoms with Gasteiger partial charge in [-0.15, -0.1) is 0 Å². The first-order valence-electron chi connectivity index (χ1n) is 13.1. The van der Waals surface area contributed by atoms with E-state index in [0.717, 1.165) is 17.7 Å². The first-order valence-corrected chi connectivity index (χ1v) is 13.1. The van der Waals surface area contributed by atoms with Crippen molar-refractivity contribution in [1.82, 2.24) is 19.9 Å². The van der Waals surface area contributed by atoms with E-state index in [1.165, 1.54) is 12.1 Å². The van der Waals surface area contributed by atoms with E-state index in [1.807, 2.05) is 36.0 Å². The normalized spacial score (nSPS) is 14.2. The molecule has 1 aliphatic rings. The van der Waals surface area contributed by atoms with Gasteiger partial charge in [-0.05, 0) is 61.8 Å². The van der Waals surface area contributed by atoms with Crippen LogP contribution in [0.3, 0.4) is 0 Å². The molecule has 3 heterocycles. The van der Waals surface area contributed by atoms with Gasteiger partial charge in [0.1, 0.15) is 23.0 Å². The number of H-pyrrole nitrogens is 1. The van der Waals surface area contributed by atoms with Gasteiger partial charge in [-0.25, -0.2) is 4.39 Å². The molecule has 0 radical (unpaired) electrons. The molecule has 0 saturated carbocycles. The number of ether oxygens (including phenoxy) is 1. The molecule has 5 rings (SSSR count). The number of likely N-dealkylation sites (N-methyl/N-ethyl adjacent to an activating group) is 1. The second-order valence-corrected chi connectivity index (χ2v) is 10.9. The number of amides is 2. The van der Waals surface area contributed by atoms with Gasteiger partial charge in [0.05, 0.1) is 36.0 Å². The molecule has 2 aromatic carbocycles. The predicted molar refractivity (Wildman–Crippen MR) is 157 cm³/mol. The molecule has 4 aromatic rings. The Morgan fingerprint density at radius 2 is 1.95 bits per heavy atom. The first-order chi connectivity index (χ1) is 19.5. The Bertz CT molecular complexity index is 1650. The maximum atomic E-state index is 14.4. The van der Waals surface area contributed by atoms with Crippen LogP contribution in [0.25, 0.3) is 11.0 Å². The summed E-state index contributed by atoms with van der Waals surface area (Å²) in [5.74, 6) is -0.552. The Kier molecular flexibility index (Phi) is 7.26. The van der Waals surface area contributed by atoms with Gasteiger partial charge < -0.3 is 35.9 Å². The van der Waals surface area contributed by atoms with E-state index in [2.05, 4.69) is 39.4 Å². The van der Waals surface area contributed by atoms with Gasteiger partial charge in [0, 0.05) is 18.4 Å². The number of anilines is 5. The minimum atomic E-state index is -0.904. The third kappa shape index (κ3) is 5.38. The second-order valence-electron chi connectivity index (χ2n) is 10.9. The Labute approximate surface area is 236 Å². The van der Waals surface area contributed by atoms with Crippen LogP contribution in [-0.4, -0.2) is 66.0 Å². The lowest BCUT2D eigenvalue weighted by molar-refractivity contribution is -0.119. The summed E-state index contributed by atoms with van der Waals surface area (Å²) in [5.41, 5.74) is 8.04. The van der Waals surface area contributed by atoms with E-state index in [-0.39, 0.29) is 35.1 Å². The highest BCUT2D eigenvalue weighted by molar-refractivity contribution is 6.01. The molecule has 2 amide bonds. The van der Waals surface area contributed by atoms with E-state index < -0.39 is 11.7 Å². The molecule has 0 unspecified atom stereocenters. The second kappa shape index (κ2) is 10.7. The minimum Gasteiger partial charge on any atom is -0.495 e. The van der Waals surface area contributed by atoms with Crippen molar-refractivity contribution in [3.63, 3.8) is 0 Å². The maximum absolute atomic E-state index is 14.4. The standard InChI is InChI=1S/C29H33FN8O3/c1-29(2)10-12-38(23(39)15-37(3)4)21-14-20(22(41-5)13-17(21)29)34-28-35-26-16(9-11-32-26)27(36-28)33-19-8-6-7-18(30)24(19)25(31)40/h6-9,11,13-14H,10,12,15H2,1-5H3,(H2,31,40)(H3,32,33,34,35,36). The minimum absolute atomic E-state index is 0.00115. The molecule has 1 aliphatic heterocycles. The third-order valence-electron chi connectivity index (χ3n) is 7.23. The average Bonchev–Trinajstić information content (AvgIpc) is 3.37. The molecule has 41 heavy (non-hydrogen) atoms. The lowest BCUT2D eigenvalue weighted by Crippen LogP contribution is -2.44. The van der Waals surface area contributed by atoms with Crippen molar-refractivity contribution in [2.24, 2.45) is 5.73 Å². The van der Waals surface area contributed by atoms with Crippen LogP contribution in [0, 0.1) is 5.82 Å². The number of aromatic amines is 1. The summed E-state index contributed by atoms with van der Waals surface area (Å²) in [6.45, 7) is 5.18. The SMILES string of the molecule is COc1cc2c(cc1Nc1nc(Nc3cccc(F)c3C(N)=O)c3cc[nH]c3n1)N(C(=O)CN(C)C)CCC2(C)C. The molecule has 0 aliphatic carbocycles. The van der Waals surface area contributed by atoms with Crippen molar-refractivity contribution in [1.29, 1.82) is 0 Å². The van der Waals surface area contributed by atoms with Gasteiger partial charge in [0.15, 0.2) is 0 Å². The number of rotatable bonds is 8. The van der Waals surface area contributed by atoms with E-state index in [0.29, 0.717) is 34.8 Å². The molecule has 214 valence electrons. The summed E-state index contributed by atoms with van der Waals surface area (Å²) in [6, 6.07) is 9.79. The van der Waals surface area contributed by atoms with Crippen molar-refractivity contribution in [2.45, 2.75) is 25.7 Å². The first kappa shape index (κ1) is 27.8. The van der Waals surface area contributed by atoms with Crippen molar-refractivity contribution >= 4 is 51.7 Å². The summed E-state index contributed by atoms with van der Waals surface area (Å²) in [5, 5.41) is 6.90. The van der Waals surface area contributed by atoms with Gasteiger partial charge >= 0.3 is 0 Å². The summed E-state index contributed by atoms with van der Waals surface area (Å²) >= 11 is 0. The molecule has 0 bridgehead atoms. The molecule has 2 aromatic heterocycles. The number of benzene rings is 2. The fourth-order valence-electron chi connectivity index (χ4n) is 5.08. The Balaban J connectivity index is 1.57. The van der Waals surface area contributed by atoms with Crippen molar-refractivity contribution in [2.75, 3.05) is 49.8 Å². The van der Waals surface area contributed by atoms with Gasteiger partial charge in [-0.3, -0.25) is 9.59 Å². The number of hydrogen-bond donors (Lipinski definition) is 4. The number of nitrogens with zero attached hydrogens (tertiary/aromatic N) is 4. The third-order valence-corrected chi connectivity index (χ3v) is 7.23. The van der Waals surface area contributed by atoms with Gasteiger partial charge in [0.25, 0.3) is 5.91 Å². The van der Waals surface area contributed by atoms with Gasteiger partial charge in [-0.2, -0.15) is 9.97 Å². The fraction of sp³-hybridized carbons (Fsp3) is 0.310. The topological polar surface area (TPSA) is 142 Å². The number of hydrogen-bond acceptors (Lipinski definition) is 8. The van der Waals surface area contributed by atoms with Crippen LogP contribution in [0.4, 0.5) is 33.2 Å². The molecule has 0 fully saturated rings. The number of carbonyl (C=O) groups excluding carboxylic acids is 2. The largest absolute Gasteiger partial charge is 0.495 e. The maximum Gasteiger partial charge on any atom is 0.253 e.